The Morgan fingerprint density at radius 1 is 1.09 bits per heavy atom. The van der Waals surface area contributed by atoms with Crippen molar-refractivity contribution in [1.82, 2.24) is 4.98 Å². The number of ether oxygens (including phenoxy) is 3. The van der Waals surface area contributed by atoms with Crippen molar-refractivity contribution < 1.29 is 28.9 Å². The number of rotatable bonds is 8. The molecule has 0 bridgehead atoms. The van der Waals surface area contributed by atoms with Crippen LogP contribution in [-0.2, 0) is 9.59 Å². The van der Waals surface area contributed by atoms with Crippen LogP contribution in [0.5, 0.6) is 17.2 Å². The number of aliphatic hydroxyl groups is 1. The molecule has 1 unspecified atom stereocenters. The first-order valence-corrected chi connectivity index (χ1v) is 11.1. The molecule has 1 aliphatic heterocycles. The molecule has 0 radical (unpaired) electrons. The summed E-state index contributed by atoms with van der Waals surface area (Å²) in [5, 5.41) is 12.9. The Balaban J connectivity index is 1.85. The predicted octanol–water partition coefficient (Wildman–Crippen LogP) is 4.35. The molecule has 4 rings (SSSR count). The first-order chi connectivity index (χ1) is 16.5. The van der Waals surface area contributed by atoms with Gasteiger partial charge in [-0.3, -0.25) is 14.5 Å². The quantitative estimate of drug-likeness (QED) is 0.481. The SMILES string of the molecule is COc1cc(C2C(C(=O)C=Cc3ccccc3)=C(O)C(=O)N2c2nccs2)cc(OC)c1OC. The summed E-state index contributed by atoms with van der Waals surface area (Å²) in [6.07, 6.45) is 4.52. The molecule has 0 fully saturated rings. The standard InChI is InChI=1S/C25H22N2O6S/c1-31-18-13-16(14-19(32-2)23(18)33-3)21-20(17(28)10-9-15-7-5-4-6-8-15)22(29)24(30)27(21)25-26-11-12-34-25/h4-14,21,29H,1-3H3. The average molecular weight is 479 g/mol. The van der Waals surface area contributed by atoms with E-state index in [2.05, 4.69) is 4.98 Å². The largest absolute Gasteiger partial charge is 0.503 e. The number of carbonyl (C=O) groups is 2. The molecule has 0 aliphatic carbocycles. The summed E-state index contributed by atoms with van der Waals surface area (Å²) in [4.78, 5) is 32.0. The van der Waals surface area contributed by atoms with Crippen LogP contribution in [0.1, 0.15) is 17.2 Å². The smallest absolute Gasteiger partial charge is 0.296 e. The molecule has 1 N–H and O–H groups in total. The number of ketones is 1. The minimum atomic E-state index is -0.958. The molecule has 9 heteroatoms. The Labute approximate surface area is 200 Å². The number of thiazole rings is 1. The fourth-order valence-electron chi connectivity index (χ4n) is 3.79. The van der Waals surface area contributed by atoms with Gasteiger partial charge in [0.1, 0.15) is 0 Å². The van der Waals surface area contributed by atoms with E-state index in [1.54, 1.807) is 29.8 Å². The number of aliphatic hydroxyl groups excluding tert-OH is 1. The lowest BCUT2D eigenvalue weighted by Gasteiger charge is -2.25. The summed E-state index contributed by atoms with van der Waals surface area (Å²) in [6.45, 7) is 0. The van der Waals surface area contributed by atoms with Crippen LogP contribution in [0, 0.1) is 0 Å². The molecule has 174 valence electrons. The van der Waals surface area contributed by atoms with E-state index in [-0.39, 0.29) is 5.57 Å². The lowest BCUT2D eigenvalue weighted by atomic mass is 9.95. The molecule has 2 heterocycles. The fraction of sp³-hybridized carbons (Fsp3) is 0.160. The van der Waals surface area contributed by atoms with Crippen LogP contribution in [-0.4, -0.2) is 43.1 Å². The van der Waals surface area contributed by atoms with E-state index in [1.165, 1.54) is 43.6 Å². The Morgan fingerprint density at radius 2 is 1.76 bits per heavy atom. The number of benzene rings is 2. The zero-order chi connectivity index (χ0) is 24.2. The molecule has 8 nitrogen and oxygen atoms in total. The highest BCUT2D eigenvalue weighted by Gasteiger charge is 2.45. The number of hydrogen-bond acceptors (Lipinski definition) is 8. The number of amides is 1. The Bertz CT molecular complexity index is 1240. The minimum absolute atomic E-state index is 0.0679. The van der Waals surface area contributed by atoms with Gasteiger partial charge in [-0.2, -0.15) is 0 Å². The lowest BCUT2D eigenvalue weighted by molar-refractivity contribution is -0.117. The number of anilines is 1. The highest BCUT2D eigenvalue weighted by molar-refractivity contribution is 7.13. The zero-order valence-corrected chi connectivity index (χ0v) is 19.5. The molecule has 1 atom stereocenters. The van der Waals surface area contributed by atoms with Gasteiger partial charge in [-0.15, -0.1) is 11.3 Å². The molecule has 3 aromatic rings. The summed E-state index contributed by atoms with van der Waals surface area (Å²) in [5.41, 5.74) is 1.22. The summed E-state index contributed by atoms with van der Waals surface area (Å²) in [6, 6.07) is 11.6. The summed E-state index contributed by atoms with van der Waals surface area (Å²) >= 11 is 1.22. The number of allylic oxidation sites excluding steroid dienone is 1. The molecule has 0 spiro atoms. The van der Waals surface area contributed by atoms with Crippen molar-refractivity contribution in [3.63, 3.8) is 0 Å². The van der Waals surface area contributed by atoms with E-state index in [9.17, 15) is 14.7 Å². The topological polar surface area (TPSA) is 98.2 Å². The number of hydrogen-bond donors (Lipinski definition) is 1. The molecule has 1 aliphatic rings. The van der Waals surface area contributed by atoms with Gasteiger partial charge < -0.3 is 19.3 Å². The van der Waals surface area contributed by atoms with Crippen LogP contribution in [0.4, 0.5) is 5.13 Å². The Hall–Kier alpha value is -4.11. The van der Waals surface area contributed by atoms with Crippen LogP contribution >= 0.6 is 11.3 Å². The van der Waals surface area contributed by atoms with Crippen molar-refractivity contribution in [3.8, 4) is 17.2 Å². The van der Waals surface area contributed by atoms with Crippen molar-refractivity contribution in [2.75, 3.05) is 26.2 Å². The van der Waals surface area contributed by atoms with Crippen molar-refractivity contribution >= 4 is 34.2 Å². The molecule has 34 heavy (non-hydrogen) atoms. The summed E-state index contributed by atoms with van der Waals surface area (Å²) in [5.74, 6) is -0.791. The summed E-state index contributed by atoms with van der Waals surface area (Å²) < 4.78 is 16.3. The van der Waals surface area contributed by atoms with Gasteiger partial charge >= 0.3 is 0 Å². The van der Waals surface area contributed by atoms with Gasteiger partial charge in [0.25, 0.3) is 5.91 Å². The molecular formula is C25H22N2O6S. The number of aromatic nitrogens is 1. The molecule has 0 saturated heterocycles. The first-order valence-electron chi connectivity index (χ1n) is 10.2. The molecule has 2 aromatic carbocycles. The molecule has 0 saturated carbocycles. The van der Waals surface area contributed by atoms with Crippen LogP contribution in [0.2, 0.25) is 0 Å². The highest BCUT2D eigenvalue weighted by atomic mass is 32.1. The monoisotopic (exact) mass is 478 g/mol. The lowest BCUT2D eigenvalue weighted by Crippen LogP contribution is -2.30. The summed E-state index contributed by atoms with van der Waals surface area (Å²) in [7, 11) is 4.43. The van der Waals surface area contributed by atoms with E-state index in [4.69, 9.17) is 14.2 Å². The Kier molecular flexibility index (Phi) is 6.65. The number of nitrogens with zero attached hydrogens (tertiary/aromatic N) is 2. The second-order valence-electron chi connectivity index (χ2n) is 7.22. The van der Waals surface area contributed by atoms with Crippen LogP contribution in [0.25, 0.3) is 6.08 Å². The van der Waals surface area contributed by atoms with Crippen molar-refractivity contribution in [3.05, 3.63) is 82.6 Å². The van der Waals surface area contributed by atoms with Crippen LogP contribution < -0.4 is 19.1 Å². The average Bonchev–Trinajstić information content (AvgIpc) is 3.48. The van der Waals surface area contributed by atoms with Gasteiger partial charge in [0.2, 0.25) is 5.75 Å². The van der Waals surface area contributed by atoms with Gasteiger partial charge in [0, 0.05) is 11.6 Å². The van der Waals surface area contributed by atoms with Gasteiger partial charge in [0.05, 0.1) is 32.9 Å². The van der Waals surface area contributed by atoms with Gasteiger partial charge in [-0.25, -0.2) is 4.98 Å². The van der Waals surface area contributed by atoms with Crippen molar-refractivity contribution in [2.45, 2.75) is 6.04 Å². The second-order valence-corrected chi connectivity index (χ2v) is 8.09. The van der Waals surface area contributed by atoms with Crippen LogP contribution in [0.15, 0.2) is 71.4 Å². The van der Waals surface area contributed by atoms with E-state index < -0.39 is 23.5 Å². The van der Waals surface area contributed by atoms with E-state index >= 15 is 0 Å². The van der Waals surface area contributed by atoms with Gasteiger partial charge in [-0.05, 0) is 29.3 Å². The molecule has 1 aromatic heterocycles. The second kappa shape index (κ2) is 9.80. The third-order valence-corrected chi connectivity index (χ3v) is 6.10. The fourth-order valence-corrected chi connectivity index (χ4v) is 4.46. The number of methoxy groups -OCH3 is 3. The van der Waals surface area contributed by atoms with Crippen molar-refractivity contribution in [1.29, 1.82) is 0 Å². The predicted molar refractivity (Wildman–Crippen MR) is 129 cm³/mol. The Morgan fingerprint density at radius 3 is 2.32 bits per heavy atom. The number of carbonyl (C=O) groups excluding carboxylic acids is 2. The van der Waals surface area contributed by atoms with Crippen LogP contribution in [0.3, 0.4) is 0 Å². The first kappa shape index (κ1) is 23.1. The van der Waals surface area contributed by atoms with E-state index in [0.29, 0.717) is 27.9 Å². The van der Waals surface area contributed by atoms with Gasteiger partial charge in [0.15, 0.2) is 28.2 Å². The maximum absolute atomic E-state index is 13.3. The third kappa shape index (κ3) is 4.13. The minimum Gasteiger partial charge on any atom is -0.503 e. The third-order valence-electron chi connectivity index (χ3n) is 5.33. The maximum atomic E-state index is 13.3. The highest BCUT2D eigenvalue weighted by Crippen LogP contribution is 2.46. The van der Waals surface area contributed by atoms with Gasteiger partial charge in [-0.1, -0.05) is 36.4 Å². The molecular weight excluding hydrogens is 456 g/mol. The van der Waals surface area contributed by atoms with Crippen molar-refractivity contribution in [2.24, 2.45) is 0 Å². The van der Waals surface area contributed by atoms with E-state index in [0.717, 1.165) is 5.56 Å². The zero-order valence-electron chi connectivity index (χ0n) is 18.7. The normalized spacial score (nSPS) is 15.8. The molecule has 1 amide bonds. The maximum Gasteiger partial charge on any atom is 0.296 e. The van der Waals surface area contributed by atoms with E-state index in [1.807, 2.05) is 30.3 Å².